The maximum atomic E-state index is 5.66. The van der Waals surface area contributed by atoms with Crippen molar-refractivity contribution in [3.63, 3.8) is 0 Å². The lowest BCUT2D eigenvalue weighted by Gasteiger charge is -2.26. The van der Waals surface area contributed by atoms with E-state index in [1.165, 1.54) is 5.56 Å². The summed E-state index contributed by atoms with van der Waals surface area (Å²) in [6.45, 7) is 11.1. The summed E-state index contributed by atoms with van der Waals surface area (Å²) in [5.41, 5.74) is 1.20. The maximum absolute atomic E-state index is 5.66. The van der Waals surface area contributed by atoms with Crippen LogP contribution in [0.15, 0.2) is 36.9 Å². The van der Waals surface area contributed by atoms with Gasteiger partial charge in [-0.15, -0.1) is 24.8 Å². The molecule has 1 aromatic carbocycles. The number of ether oxygens (including phenoxy) is 2. The van der Waals surface area contributed by atoms with Gasteiger partial charge in [0.15, 0.2) is 0 Å². The molecule has 6 heteroatoms. The van der Waals surface area contributed by atoms with E-state index in [4.69, 9.17) is 9.47 Å². The van der Waals surface area contributed by atoms with Crippen LogP contribution in [0.3, 0.4) is 0 Å². The topological polar surface area (TPSA) is 33.7 Å². The van der Waals surface area contributed by atoms with Gasteiger partial charge in [-0.05, 0) is 25.6 Å². The lowest BCUT2D eigenvalue weighted by atomic mass is 10.2. The monoisotopic (exact) mass is 362 g/mol. The van der Waals surface area contributed by atoms with Gasteiger partial charge >= 0.3 is 0 Å². The summed E-state index contributed by atoms with van der Waals surface area (Å²) >= 11 is 0. The summed E-state index contributed by atoms with van der Waals surface area (Å²) in [7, 11) is 0. The van der Waals surface area contributed by atoms with Crippen LogP contribution in [0.5, 0.6) is 5.75 Å². The first-order valence-electron chi connectivity index (χ1n) is 7.72. The molecule has 0 saturated carbocycles. The van der Waals surface area contributed by atoms with Crippen molar-refractivity contribution in [2.75, 3.05) is 46.0 Å². The molecule has 0 amide bonds. The number of benzene rings is 1. The molecule has 1 fully saturated rings. The van der Waals surface area contributed by atoms with Crippen LogP contribution in [0.25, 0.3) is 0 Å². The summed E-state index contributed by atoms with van der Waals surface area (Å²) in [5.74, 6) is 0.943. The average Bonchev–Trinajstić information content (AvgIpc) is 2.54. The van der Waals surface area contributed by atoms with E-state index >= 15 is 0 Å². The molecule has 1 aliphatic rings. The first-order chi connectivity index (χ1) is 10.4. The van der Waals surface area contributed by atoms with Crippen LogP contribution in [0.4, 0.5) is 0 Å². The highest BCUT2D eigenvalue weighted by Gasteiger charge is 2.09. The molecule has 0 aromatic heterocycles. The molecule has 4 nitrogen and oxygen atoms in total. The van der Waals surface area contributed by atoms with Crippen LogP contribution < -0.4 is 10.1 Å². The Bertz CT molecular complexity index is 427. The van der Waals surface area contributed by atoms with Crippen molar-refractivity contribution in [3.8, 4) is 5.75 Å². The van der Waals surface area contributed by atoms with Gasteiger partial charge in [0.05, 0.1) is 13.2 Å². The minimum Gasteiger partial charge on any atom is -0.489 e. The summed E-state index contributed by atoms with van der Waals surface area (Å²) < 4.78 is 11.0. The molecule has 0 atom stereocenters. The second kappa shape index (κ2) is 13.6. The van der Waals surface area contributed by atoms with Gasteiger partial charge in [-0.2, -0.15) is 0 Å². The van der Waals surface area contributed by atoms with E-state index in [0.29, 0.717) is 6.61 Å². The molecule has 0 spiro atoms. The second-order valence-electron chi connectivity index (χ2n) is 5.19. The van der Waals surface area contributed by atoms with Crippen molar-refractivity contribution < 1.29 is 9.47 Å². The van der Waals surface area contributed by atoms with Gasteiger partial charge in [0.25, 0.3) is 0 Å². The van der Waals surface area contributed by atoms with E-state index in [1.54, 1.807) is 6.08 Å². The van der Waals surface area contributed by atoms with Crippen LogP contribution in [0, 0.1) is 0 Å². The normalized spacial score (nSPS) is 14.4. The number of halogens is 2. The number of para-hydroxylation sites is 1. The van der Waals surface area contributed by atoms with Crippen LogP contribution in [-0.4, -0.2) is 50.9 Å². The van der Waals surface area contributed by atoms with Crippen LogP contribution in [0.1, 0.15) is 12.0 Å². The van der Waals surface area contributed by atoms with Crippen molar-refractivity contribution in [2.45, 2.75) is 13.0 Å². The average molecular weight is 363 g/mol. The molecule has 23 heavy (non-hydrogen) atoms. The Balaban J connectivity index is 0.00000242. The van der Waals surface area contributed by atoms with Gasteiger partial charge in [0, 0.05) is 25.2 Å². The fraction of sp³-hybridized carbons (Fsp3) is 0.529. The van der Waals surface area contributed by atoms with Crippen LogP contribution in [-0.2, 0) is 11.3 Å². The number of hydrogen-bond acceptors (Lipinski definition) is 4. The Labute approximate surface area is 152 Å². The largest absolute Gasteiger partial charge is 0.489 e. The predicted molar refractivity (Wildman–Crippen MR) is 100 cm³/mol. The summed E-state index contributed by atoms with van der Waals surface area (Å²) in [6, 6.07) is 8.16. The Morgan fingerprint density at radius 3 is 2.70 bits per heavy atom. The molecule has 2 rings (SSSR count). The van der Waals surface area contributed by atoms with Gasteiger partial charge in [0.2, 0.25) is 0 Å². The number of morpholine rings is 1. The number of hydrogen-bond donors (Lipinski definition) is 1. The molecule has 1 saturated heterocycles. The van der Waals surface area contributed by atoms with E-state index in [9.17, 15) is 0 Å². The molecule has 1 aliphatic heterocycles. The zero-order chi connectivity index (χ0) is 14.8. The third-order valence-corrected chi connectivity index (χ3v) is 3.58. The first-order valence-corrected chi connectivity index (χ1v) is 7.72. The molecule has 1 aromatic rings. The van der Waals surface area contributed by atoms with Gasteiger partial charge in [-0.25, -0.2) is 0 Å². The minimum absolute atomic E-state index is 0. The molecular formula is C17H28Cl2N2O2. The fourth-order valence-electron chi connectivity index (χ4n) is 2.41. The number of rotatable bonds is 9. The summed E-state index contributed by atoms with van der Waals surface area (Å²) in [4.78, 5) is 2.46. The van der Waals surface area contributed by atoms with E-state index in [-0.39, 0.29) is 24.8 Å². The molecule has 0 bridgehead atoms. The van der Waals surface area contributed by atoms with E-state index in [2.05, 4.69) is 22.9 Å². The van der Waals surface area contributed by atoms with E-state index in [1.807, 2.05) is 18.2 Å². The summed E-state index contributed by atoms with van der Waals surface area (Å²) in [5, 5.41) is 3.49. The minimum atomic E-state index is 0. The van der Waals surface area contributed by atoms with E-state index < -0.39 is 0 Å². The SMILES string of the molecule is C=CCOc1ccccc1CNCCCN1CCOCC1.Cl.Cl. The third kappa shape index (κ3) is 8.58. The van der Waals surface area contributed by atoms with E-state index in [0.717, 1.165) is 58.1 Å². The van der Waals surface area contributed by atoms with Gasteiger partial charge < -0.3 is 14.8 Å². The molecule has 0 aliphatic carbocycles. The molecular weight excluding hydrogens is 335 g/mol. The van der Waals surface area contributed by atoms with Crippen LogP contribution >= 0.6 is 24.8 Å². The fourth-order valence-corrected chi connectivity index (χ4v) is 2.41. The Morgan fingerprint density at radius 2 is 1.96 bits per heavy atom. The first kappa shape index (κ1) is 22.2. The highest BCUT2D eigenvalue weighted by molar-refractivity contribution is 5.85. The van der Waals surface area contributed by atoms with Crippen molar-refractivity contribution in [1.82, 2.24) is 10.2 Å². The van der Waals surface area contributed by atoms with Crippen molar-refractivity contribution in [2.24, 2.45) is 0 Å². The molecule has 1 N–H and O–H groups in total. The Hall–Kier alpha value is -0.780. The molecule has 0 radical (unpaired) electrons. The van der Waals surface area contributed by atoms with Crippen molar-refractivity contribution in [3.05, 3.63) is 42.5 Å². The number of nitrogens with zero attached hydrogens (tertiary/aromatic N) is 1. The maximum Gasteiger partial charge on any atom is 0.124 e. The predicted octanol–water partition coefficient (Wildman–Crippen LogP) is 2.91. The lowest BCUT2D eigenvalue weighted by Crippen LogP contribution is -2.37. The zero-order valence-corrected chi connectivity index (χ0v) is 15.2. The van der Waals surface area contributed by atoms with Gasteiger partial charge in [-0.3, -0.25) is 4.90 Å². The highest BCUT2D eigenvalue weighted by Crippen LogP contribution is 2.17. The highest BCUT2D eigenvalue weighted by atomic mass is 35.5. The van der Waals surface area contributed by atoms with Crippen LogP contribution in [0.2, 0.25) is 0 Å². The Kier molecular flexibility index (Phi) is 13.2. The lowest BCUT2D eigenvalue weighted by molar-refractivity contribution is 0.0374. The zero-order valence-electron chi connectivity index (χ0n) is 13.5. The summed E-state index contributed by atoms with van der Waals surface area (Å²) in [6.07, 6.45) is 2.93. The Morgan fingerprint density at radius 1 is 1.22 bits per heavy atom. The standard InChI is InChI=1S/C17H26N2O2.2ClH/c1-2-12-21-17-7-4-3-6-16(17)15-18-8-5-9-19-10-13-20-14-11-19;;/h2-4,6-7,18H,1,5,8-15H2;2*1H. The second-order valence-corrected chi connectivity index (χ2v) is 5.19. The van der Waals surface area contributed by atoms with Crippen molar-refractivity contribution in [1.29, 1.82) is 0 Å². The third-order valence-electron chi connectivity index (χ3n) is 3.58. The van der Waals surface area contributed by atoms with Gasteiger partial charge in [-0.1, -0.05) is 30.9 Å². The van der Waals surface area contributed by atoms with Gasteiger partial charge in [0.1, 0.15) is 12.4 Å². The smallest absolute Gasteiger partial charge is 0.124 e. The molecule has 0 unspecified atom stereocenters. The molecule has 1 heterocycles. The number of nitrogens with one attached hydrogen (secondary N) is 1. The van der Waals surface area contributed by atoms with Crippen molar-refractivity contribution >= 4 is 24.8 Å². The quantitative estimate of drug-likeness (QED) is 0.540. The molecule has 132 valence electrons.